The Bertz CT molecular complexity index is 2230. The van der Waals surface area contributed by atoms with E-state index in [1.807, 2.05) is 18.2 Å². The second-order valence-electron chi connectivity index (χ2n) is 12.3. The lowest BCUT2D eigenvalue weighted by Crippen LogP contribution is -2.44. The number of rotatable bonds is 8. The maximum absolute atomic E-state index is 13.3. The number of nitrogens with one attached hydrogen (secondary N) is 3. The molecule has 0 unspecified atom stereocenters. The summed E-state index contributed by atoms with van der Waals surface area (Å²) >= 11 is 2.49. The molecule has 0 atom stereocenters. The zero-order valence-corrected chi connectivity index (χ0v) is 30.9. The van der Waals surface area contributed by atoms with Crippen molar-refractivity contribution >= 4 is 76.0 Å². The molecule has 3 aliphatic rings. The maximum atomic E-state index is 13.3. The molecule has 5 aromatic rings. The lowest BCUT2D eigenvalue weighted by Gasteiger charge is -2.35. The Labute approximate surface area is 305 Å². The number of carbonyl (C=O) groups is 1. The van der Waals surface area contributed by atoms with Crippen LogP contribution in [0.15, 0.2) is 93.6 Å². The second kappa shape index (κ2) is 15.0. The Morgan fingerprint density at radius 1 is 0.725 bits per heavy atom. The number of amides is 1. The van der Waals surface area contributed by atoms with E-state index in [1.165, 1.54) is 28.2 Å². The van der Waals surface area contributed by atoms with Gasteiger partial charge in [0.2, 0.25) is 5.91 Å². The molecule has 0 bridgehead atoms. The minimum Gasteiger partial charge on any atom is -0.385 e. The molecule has 0 fully saturated rings. The van der Waals surface area contributed by atoms with Gasteiger partial charge < -0.3 is 15.1 Å². The lowest BCUT2D eigenvalue weighted by atomic mass is 10.0. The van der Waals surface area contributed by atoms with Gasteiger partial charge in [0.25, 0.3) is 20.0 Å². The standard InChI is InChI=1S/C23H24N4O3S2.C12H13N3O2S2/c28-22(16-26-12-3-6-17-5-1-2-8-20(17)26)27-13-4-7-18-15-19(9-10-21(18)27)32(29,30)25-23-24-11-14-31-23;16-19(17,15-12-14-6-7-18-12)10-3-4-11-9(8-10)2-1-5-13-11/h1-2,5,8-11,14-15H,3-4,6-7,12-13,16H2,(H,24,25);3-4,6-8,13H,1-2,5H2,(H,14,15). The number of aryl methyl sites for hydroxylation is 3. The summed E-state index contributed by atoms with van der Waals surface area (Å²) in [6.07, 6.45) is 8.68. The number of thiazole rings is 2. The summed E-state index contributed by atoms with van der Waals surface area (Å²) in [6, 6.07) is 18.4. The fourth-order valence-corrected chi connectivity index (χ4v) is 10.2. The predicted octanol–water partition coefficient (Wildman–Crippen LogP) is 5.98. The quantitative estimate of drug-likeness (QED) is 0.173. The van der Waals surface area contributed by atoms with Crippen molar-refractivity contribution in [2.45, 2.75) is 48.3 Å². The van der Waals surface area contributed by atoms with Crippen molar-refractivity contribution < 1.29 is 21.6 Å². The molecule has 0 radical (unpaired) electrons. The molecule has 0 saturated heterocycles. The summed E-state index contributed by atoms with van der Waals surface area (Å²) in [4.78, 5) is 25.6. The number of anilines is 5. The highest BCUT2D eigenvalue weighted by Gasteiger charge is 2.28. The van der Waals surface area contributed by atoms with Gasteiger partial charge in [-0.2, -0.15) is 0 Å². The topological polar surface area (TPSA) is 154 Å². The first-order valence-electron chi connectivity index (χ1n) is 16.6. The molecule has 0 aliphatic carbocycles. The molecule has 0 spiro atoms. The molecule has 3 aliphatic heterocycles. The van der Waals surface area contributed by atoms with Crippen molar-refractivity contribution in [3.05, 3.63) is 101 Å². The second-order valence-corrected chi connectivity index (χ2v) is 17.5. The number of nitrogens with zero attached hydrogens (tertiary/aromatic N) is 4. The summed E-state index contributed by atoms with van der Waals surface area (Å²) in [5.74, 6) is 0.0409. The number of aromatic nitrogens is 2. The molecule has 2 aromatic heterocycles. The molecule has 1 amide bonds. The fraction of sp³-hybridized carbons (Fsp3) is 0.286. The zero-order valence-electron chi connectivity index (χ0n) is 27.6. The Hall–Kier alpha value is -4.51. The van der Waals surface area contributed by atoms with Crippen LogP contribution < -0.4 is 24.6 Å². The Morgan fingerprint density at radius 3 is 2.06 bits per heavy atom. The molecule has 16 heteroatoms. The Kier molecular flexibility index (Phi) is 10.3. The summed E-state index contributed by atoms with van der Waals surface area (Å²) in [6.45, 7) is 2.77. The summed E-state index contributed by atoms with van der Waals surface area (Å²) in [7, 11) is -7.27. The monoisotopic (exact) mass is 763 g/mol. The predicted molar refractivity (Wildman–Crippen MR) is 203 cm³/mol. The van der Waals surface area contributed by atoms with Gasteiger partial charge in [0, 0.05) is 59.9 Å². The number of hydrogen-bond donors (Lipinski definition) is 3. The number of sulfonamides is 2. The van der Waals surface area contributed by atoms with Crippen molar-refractivity contribution in [2.24, 2.45) is 0 Å². The molecule has 0 saturated carbocycles. The molecule has 3 N–H and O–H groups in total. The van der Waals surface area contributed by atoms with Gasteiger partial charge in [0.1, 0.15) is 0 Å². The highest BCUT2D eigenvalue weighted by Crippen LogP contribution is 2.32. The maximum Gasteiger partial charge on any atom is 0.263 e. The van der Waals surface area contributed by atoms with Crippen LogP contribution in [0.5, 0.6) is 0 Å². The number of benzene rings is 3. The van der Waals surface area contributed by atoms with Crippen LogP contribution in [0.25, 0.3) is 0 Å². The van der Waals surface area contributed by atoms with Gasteiger partial charge in [-0.25, -0.2) is 26.8 Å². The smallest absolute Gasteiger partial charge is 0.263 e. The zero-order chi connectivity index (χ0) is 35.4. The molecule has 12 nitrogen and oxygen atoms in total. The first kappa shape index (κ1) is 34.9. The van der Waals surface area contributed by atoms with E-state index in [-0.39, 0.29) is 15.7 Å². The van der Waals surface area contributed by atoms with Gasteiger partial charge in [-0.15, -0.1) is 22.7 Å². The SMILES string of the molecule is O=C(CN1CCCc2ccccc21)N1CCCc2cc(S(=O)(=O)Nc3nccs3)ccc21.O=S(=O)(Nc1nccs1)c1ccc2c(c1)CCCN2. The van der Waals surface area contributed by atoms with Crippen LogP contribution in [0.1, 0.15) is 36.0 Å². The van der Waals surface area contributed by atoms with E-state index in [9.17, 15) is 21.6 Å². The van der Waals surface area contributed by atoms with Crippen molar-refractivity contribution in [2.75, 3.05) is 50.7 Å². The highest BCUT2D eigenvalue weighted by atomic mass is 32.2. The van der Waals surface area contributed by atoms with Gasteiger partial charge in [0.15, 0.2) is 10.3 Å². The van der Waals surface area contributed by atoms with Crippen LogP contribution >= 0.6 is 22.7 Å². The van der Waals surface area contributed by atoms with Gasteiger partial charge >= 0.3 is 0 Å². The first-order valence-corrected chi connectivity index (χ1v) is 21.4. The van der Waals surface area contributed by atoms with Crippen LogP contribution in [0, 0.1) is 0 Å². The fourth-order valence-electron chi connectivity index (χ4n) is 6.54. The minimum absolute atomic E-state index is 0.0409. The van der Waals surface area contributed by atoms with E-state index in [2.05, 4.69) is 41.8 Å². The van der Waals surface area contributed by atoms with Crippen molar-refractivity contribution in [1.29, 1.82) is 0 Å². The third kappa shape index (κ3) is 8.03. The summed E-state index contributed by atoms with van der Waals surface area (Å²) < 4.78 is 54.9. The number of fused-ring (bicyclic) bond motifs is 3. The molecule has 266 valence electrons. The van der Waals surface area contributed by atoms with Crippen LogP contribution in [0.4, 0.5) is 27.3 Å². The number of carbonyl (C=O) groups excluding carboxylic acids is 1. The van der Waals surface area contributed by atoms with Crippen LogP contribution in [-0.2, 0) is 44.1 Å². The minimum atomic E-state index is -3.72. The van der Waals surface area contributed by atoms with Crippen molar-refractivity contribution in [3.8, 4) is 0 Å². The normalized spacial score (nSPS) is 15.3. The van der Waals surface area contributed by atoms with Crippen LogP contribution in [0.3, 0.4) is 0 Å². The van der Waals surface area contributed by atoms with E-state index >= 15 is 0 Å². The summed E-state index contributed by atoms with van der Waals surface area (Å²) in [5.41, 5.74) is 6.19. The van der Waals surface area contributed by atoms with Gasteiger partial charge in [-0.1, -0.05) is 18.2 Å². The number of hydrogen-bond acceptors (Lipinski definition) is 11. The van der Waals surface area contributed by atoms with E-state index in [1.54, 1.807) is 58.4 Å². The van der Waals surface area contributed by atoms with E-state index in [0.717, 1.165) is 79.8 Å². The largest absolute Gasteiger partial charge is 0.385 e. The number of para-hydroxylation sites is 1. The Morgan fingerprint density at radius 2 is 1.35 bits per heavy atom. The third-order valence-corrected chi connectivity index (χ3v) is 13.3. The lowest BCUT2D eigenvalue weighted by molar-refractivity contribution is -0.117. The third-order valence-electron chi connectivity index (χ3n) is 8.95. The van der Waals surface area contributed by atoms with Crippen LogP contribution in [0.2, 0.25) is 0 Å². The van der Waals surface area contributed by atoms with Gasteiger partial charge in [-0.05, 0) is 97.7 Å². The van der Waals surface area contributed by atoms with E-state index in [4.69, 9.17) is 0 Å². The molecular weight excluding hydrogens is 727 g/mol. The molecule has 8 rings (SSSR count). The van der Waals surface area contributed by atoms with Gasteiger partial charge in [0.05, 0.1) is 16.3 Å². The first-order chi connectivity index (χ1) is 24.7. The van der Waals surface area contributed by atoms with Crippen LogP contribution in [-0.4, -0.2) is 58.9 Å². The molecular formula is C35H37N7O5S4. The highest BCUT2D eigenvalue weighted by molar-refractivity contribution is 7.93. The molecule has 51 heavy (non-hydrogen) atoms. The average Bonchev–Trinajstić information content (AvgIpc) is 3.85. The Balaban J connectivity index is 0.000000182. The van der Waals surface area contributed by atoms with E-state index < -0.39 is 20.0 Å². The average molecular weight is 764 g/mol. The molecule has 3 aromatic carbocycles. The van der Waals surface area contributed by atoms with Gasteiger partial charge in [-0.3, -0.25) is 14.2 Å². The van der Waals surface area contributed by atoms with Crippen molar-refractivity contribution in [1.82, 2.24) is 9.97 Å². The van der Waals surface area contributed by atoms with E-state index in [0.29, 0.717) is 23.4 Å². The molecule has 5 heterocycles. The van der Waals surface area contributed by atoms with Crippen molar-refractivity contribution in [3.63, 3.8) is 0 Å². The summed E-state index contributed by atoms with van der Waals surface area (Å²) in [5, 5.41) is 7.43.